The fourth-order valence-electron chi connectivity index (χ4n) is 5.64. The van der Waals surface area contributed by atoms with Crippen LogP contribution in [0.3, 0.4) is 0 Å². The third kappa shape index (κ3) is 40.0. The molecule has 0 radical (unpaired) electrons. The van der Waals surface area contributed by atoms with Gasteiger partial charge < -0.3 is 10.7 Å². The second-order valence-electron chi connectivity index (χ2n) is 12.2. The van der Waals surface area contributed by atoms with E-state index in [0.29, 0.717) is 6.42 Å². The van der Waals surface area contributed by atoms with Gasteiger partial charge in [0.15, 0.2) is 0 Å². The van der Waals surface area contributed by atoms with Crippen LogP contribution in [0.15, 0.2) is 0 Å². The van der Waals surface area contributed by atoms with E-state index in [0.717, 1.165) is 12.8 Å². The quantitative estimate of drug-likeness (QED) is 0.0456. The zero-order valence-electron chi connectivity index (χ0n) is 27.4. The molecule has 0 saturated heterocycles. The molecule has 5 nitrogen and oxygen atoms in total. The third-order valence-corrected chi connectivity index (χ3v) is 8.68. The predicted molar refractivity (Wildman–Crippen MR) is 175 cm³/mol. The van der Waals surface area contributed by atoms with Crippen LogP contribution in [0.25, 0.3) is 0 Å². The first kappa shape index (κ1) is 42.0. The Morgan fingerprint density at radius 3 is 0.725 bits per heavy atom. The van der Waals surface area contributed by atoms with Gasteiger partial charge in [0.25, 0.3) is 0 Å². The normalized spacial score (nSPS) is 11.7. The fraction of sp³-hybridized carbons (Fsp3) is 1.00. The average molecular weight is 592 g/mol. The van der Waals surface area contributed by atoms with E-state index in [1.807, 2.05) is 0 Å². The van der Waals surface area contributed by atoms with Gasteiger partial charge >= 0.3 is 0 Å². The van der Waals surface area contributed by atoms with E-state index < -0.39 is 10.4 Å². The Balaban J connectivity index is 0. The maximum Gasteiger partial charge on any atom is 0.217 e. The number of unbranched alkanes of at least 4 members (excludes halogenated alkanes) is 31. The zero-order chi connectivity index (χ0) is 28.5. The molecule has 0 unspecified atom stereocenters. The number of hydrogen-bond acceptors (Lipinski definition) is 4. The summed E-state index contributed by atoms with van der Waals surface area (Å²) in [4.78, 5) is 0. The predicted octanol–water partition coefficient (Wildman–Crippen LogP) is 12.3. The molecule has 0 atom stereocenters. The lowest BCUT2D eigenvalue weighted by Gasteiger charge is -2.07. The summed E-state index contributed by atoms with van der Waals surface area (Å²) >= 11 is 0. The van der Waals surface area contributed by atoms with Gasteiger partial charge in [-0.3, -0.25) is 4.18 Å². The van der Waals surface area contributed by atoms with Crippen molar-refractivity contribution in [3.63, 3.8) is 0 Å². The van der Waals surface area contributed by atoms with Gasteiger partial charge in [0.1, 0.15) is 0 Å². The van der Waals surface area contributed by atoms with Crippen LogP contribution in [-0.4, -0.2) is 19.6 Å². The van der Waals surface area contributed by atoms with Crippen LogP contribution < -0.4 is 6.15 Å². The summed E-state index contributed by atoms with van der Waals surface area (Å²) < 4.78 is 35.2. The molecule has 0 spiro atoms. The van der Waals surface area contributed by atoms with Gasteiger partial charge in [0.2, 0.25) is 10.4 Å². The van der Waals surface area contributed by atoms with Crippen molar-refractivity contribution in [2.45, 2.75) is 212 Å². The van der Waals surface area contributed by atoms with E-state index in [4.69, 9.17) is 0 Å². The lowest BCUT2D eigenvalue weighted by molar-refractivity contribution is 0.255. The van der Waals surface area contributed by atoms with Crippen LogP contribution in [0.4, 0.5) is 0 Å². The minimum atomic E-state index is -4.51. The molecule has 244 valence electrons. The monoisotopic (exact) mass is 592 g/mol. The van der Waals surface area contributed by atoms with Crippen LogP contribution in [0.2, 0.25) is 0 Å². The largest absolute Gasteiger partial charge is 0.726 e. The van der Waals surface area contributed by atoms with Gasteiger partial charge in [-0.2, -0.15) is 0 Å². The summed E-state index contributed by atoms with van der Waals surface area (Å²) in [5.74, 6) is 0. The number of rotatable bonds is 34. The van der Waals surface area contributed by atoms with Crippen LogP contribution in [-0.2, 0) is 14.6 Å². The molecular formula is C34H73NO4S. The summed E-state index contributed by atoms with van der Waals surface area (Å²) in [6.45, 7) is 2.33. The number of quaternary nitrogens is 1. The van der Waals surface area contributed by atoms with E-state index in [1.54, 1.807) is 0 Å². The van der Waals surface area contributed by atoms with Gasteiger partial charge in [-0.25, -0.2) is 8.42 Å². The van der Waals surface area contributed by atoms with E-state index in [1.165, 1.54) is 186 Å². The first-order chi connectivity index (χ1) is 19.1. The fourth-order valence-corrected chi connectivity index (χ4v) is 5.96. The van der Waals surface area contributed by atoms with Crippen molar-refractivity contribution in [3.05, 3.63) is 0 Å². The number of hydrogen-bond donors (Lipinski definition) is 1. The van der Waals surface area contributed by atoms with Crippen molar-refractivity contribution in [1.29, 1.82) is 0 Å². The molecule has 0 aromatic heterocycles. The van der Waals surface area contributed by atoms with E-state index in [9.17, 15) is 13.0 Å². The van der Waals surface area contributed by atoms with Gasteiger partial charge in [-0.15, -0.1) is 0 Å². The Bertz CT molecular complexity index is 556. The van der Waals surface area contributed by atoms with Crippen molar-refractivity contribution < 1.29 is 17.2 Å². The Hall–Kier alpha value is -0.170. The molecule has 0 heterocycles. The summed E-state index contributed by atoms with van der Waals surface area (Å²) in [5.41, 5.74) is 0. The highest BCUT2D eigenvalue weighted by Gasteiger charge is 1.98. The van der Waals surface area contributed by atoms with Crippen LogP contribution in [0.1, 0.15) is 212 Å². The van der Waals surface area contributed by atoms with E-state index in [2.05, 4.69) is 11.1 Å². The molecule has 40 heavy (non-hydrogen) atoms. The molecule has 0 aliphatic carbocycles. The Kier molecular flexibility index (Phi) is 36.7. The lowest BCUT2D eigenvalue weighted by atomic mass is 10.0. The zero-order valence-corrected chi connectivity index (χ0v) is 28.2. The smallest absolute Gasteiger partial charge is 0.217 e. The molecule has 0 amide bonds. The van der Waals surface area contributed by atoms with Gasteiger partial charge in [0, 0.05) is 0 Å². The molecule has 0 aromatic carbocycles. The molecule has 0 bridgehead atoms. The van der Waals surface area contributed by atoms with Gasteiger partial charge in [0.05, 0.1) is 6.61 Å². The Morgan fingerprint density at radius 1 is 0.375 bits per heavy atom. The lowest BCUT2D eigenvalue weighted by Crippen LogP contribution is -2.05. The van der Waals surface area contributed by atoms with Crippen LogP contribution >= 0.6 is 0 Å². The van der Waals surface area contributed by atoms with Crippen molar-refractivity contribution in [1.82, 2.24) is 6.15 Å². The van der Waals surface area contributed by atoms with E-state index >= 15 is 0 Å². The SMILES string of the molecule is CCCCCCCCCCCCCCCCCCCCCCCCCCCCCCCCCCOS(=O)(=O)[O-].[NH4+]. The van der Waals surface area contributed by atoms with E-state index in [-0.39, 0.29) is 12.8 Å². The van der Waals surface area contributed by atoms with Crippen LogP contribution in [0.5, 0.6) is 0 Å². The maximum atomic E-state index is 10.3. The summed E-state index contributed by atoms with van der Waals surface area (Å²) in [5, 5.41) is 0. The average Bonchev–Trinajstić information content (AvgIpc) is 2.90. The summed E-state index contributed by atoms with van der Waals surface area (Å²) in [6, 6.07) is 0. The highest BCUT2D eigenvalue weighted by molar-refractivity contribution is 7.80. The first-order valence-corrected chi connectivity index (χ1v) is 19.0. The molecule has 4 N–H and O–H groups in total. The molecule has 0 rings (SSSR count). The minimum Gasteiger partial charge on any atom is -0.726 e. The van der Waals surface area contributed by atoms with Crippen molar-refractivity contribution in [3.8, 4) is 0 Å². The second kappa shape index (κ2) is 35.0. The highest BCUT2D eigenvalue weighted by Crippen LogP contribution is 2.16. The third-order valence-electron chi connectivity index (χ3n) is 8.23. The minimum absolute atomic E-state index is 0. The summed E-state index contributed by atoms with van der Waals surface area (Å²) in [6.07, 6.45) is 43.9. The van der Waals surface area contributed by atoms with Gasteiger partial charge in [-0.05, 0) is 6.42 Å². The molecule has 0 aliphatic heterocycles. The Labute approximate surface area is 252 Å². The van der Waals surface area contributed by atoms with Crippen molar-refractivity contribution in [2.75, 3.05) is 6.61 Å². The molecule has 0 fully saturated rings. The topological polar surface area (TPSA) is 103 Å². The second-order valence-corrected chi connectivity index (χ2v) is 13.2. The first-order valence-electron chi connectivity index (χ1n) is 17.7. The highest BCUT2D eigenvalue weighted by atomic mass is 32.3. The van der Waals surface area contributed by atoms with Gasteiger partial charge in [-0.1, -0.05) is 206 Å². The standard InChI is InChI=1S/C34H70O4S.H3N/c1-2-3-4-5-6-7-8-9-10-11-12-13-14-15-16-17-18-19-20-21-22-23-24-25-26-27-28-29-30-31-32-33-34-38-39(35,36)37;/h2-34H2,1H3,(H,35,36,37);1H3. The van der Waals surface area contributed by atoms with Crippen molar-refractivity contribution >= 4 is 10.4 Å². The van der Waals surface area contributed by atoms with Crippen LogP contribution in [0, 0.1) is 0 Å². The molecular weight excluding hydrogens is 518 g/mol. The molecule has 0 aromatic rings. The Morgan fingerprint density at radius 2 is 0.550 bits per heavy atom. The summed E-state index contributed by atoms with van der Waals surface area (Å²) in [7, 11) is -4.51. The molecule has 0 saturated carbocycles. The maximum absolute atomic E-state index is 10.3. The molecule has 0 aliphatic rings. The van der Waals surface area contributed by atoms with Crippen molar-refractivity contribution in [2.24, 2.45) is 0 Å². The molecule has 6 heteroatoms.